The van der Waals surface area contributed by atoms with Gasteiger partial charge in [-0.3, -0.25) is 0 Å². The molecule has 0 aromatic heterocycles. The van der Waals surface area contributed by atoms with E-state index in [1.807, 2.05) is 30.3 Å². The van der Waals surface area contributed by atoms with Gasteiger partial charge in [-0.05, 0) is 5.56 Å². The van der Waals surface area contributed by atoms with Crippen LogP contribution in [0.15, 0.2) is 30.3 Å². The van der Waals surface area contributed by atoms with Gasteiger partial charge >= 0.3 is 0 Å². The van der Waals surface area contributed by atoms with Crippen LogP contribution in [0, 0.1) is 88.1 Å². The number of rotatable bonds is 5. The van der Waals surface area contributed by atoms with Crippen LogP contribution in [0.25, 0.3) is 0 Å². The topological polar surface area (TPSA) is 88.4 Å². The van der Waals surface area contributed by atoms with Crippen LogP contribution >= 0.6 is 0 Å². The van der Waals surface area contributed by atoms with Crippen LogP contribution in [0.5, 0.6) is 0 Å². The maximum Gasteiger partial charge on any atom is 0.186 e. The van der Waals surface area contributed by atoms with Crippen molar-refractivity contribution in [3.63, 3.8) is 0 Å². The second kappa shape index (κ2) is 12.3. The van der Waals surface area contributed by atoms with Crippen molar-refractivity contribution in [1.29, 1.82) is 0 Å². The third kappa shape index (κ3) is 6.64. The summed E-state index contributed by atoms with van der Waals surface area (Å²) >= 11 is 0. The Balaban J connectivity index is 0.00000220. The summed E-state index contributed by atoms with van der Waals surface area (Å²) in [5.41, 5.74) is 1.00. The van der Waals surface area contributed by atoms with Crippen LogP contribution in [-0.2, 0) is 20.8 Å². The van der Waals surface area contributed by atoms with Crippen molar-refractivity contribution in [3.8, 4) is 0 Å². The zero-order valence-electron chi connectivity index (χ0n) is 12.4. The summed E-state index contributed by atoms with van der Waals surface area (Å²) in [4.78, 5) is 0. The molecule has 1 fully saturated rings. The molecule has 2 rings (SSSR count). The van der Waals surface area contributed by atoms with Gasteiger partial charge in [0.05, 0.1) is 13.2 Å². The third-order valence-corrected chi connectivity index (χ3v) is 3.29. The Morgan fingerprint density at radius 2 is 1.64 bits per heavy atom. The van der Waals surface area contributed by atoms with Gasteiger partial charge in [-0.2, -0.15) is 0 Å². The second-order valence-electron chi connectivity index (χ2n) is 4.75. The van der Waals surface area contributed by atoms with E-state index in [-0.39, 0.29) is 94.7 Å². The van der Waals surface area contributed by atoms with Crippen molar-refractivity contribution in [2.45, 2.75) is 37.3 Å². The molecule has 2 radical (unpaired) electrons. The smallest absolute Gasteiger partial charge is 0.186 e. The second-order valence-corrected chi connectivity index (χ2v) is 4.75. The molecule has 0 saturated carbocycles. The van der Waals surface area contributed by atoms with Gasteiger partial charge in [-0.15, -0.1) is 0 Å². The molecule has 1 saturated heterocycles. The number of aliphatic hydroxyl groups excluding tert-OH is 3. The Labute approximate surface area is 201 Å². The maximum absolute atomic E-state index is 9.85. The van der Waals surface area contributed by atoms with Crippen molar-refractivity contribution >= 4 is 0 Å². The normalized spacial score (nSPS) is 31.0. The van der Waals surface area contributed by atoms with E-state index < -0.39 is 30.7 Å². The molecule has 1 aromatic carbocycles. The molecule has 3 N–H and O–H groups in total. The largest absolute Gasteiger partial charge is 0.387 e. The monoisotopic (exact) mass is 738 g/mol. The molecule has 1 aliphatic rings. The van der Waals surface area contributed by atoms with E-state index in [2.05, 4.69) is 0 Å². The molecule has 22 heavy (non-hydrogen) atoms. The van der Waals surface area contributed by atoms with E-state index in [4.69, 9.17) is 14.2 Å². The van der Waals surface area contributed by atoms with Gasteiger partial charge in [0.15, 0.2) is 6.29 Å². The molecule has 0 bridgehead atoms. The SMILES string of the molecule is COC1OC(COCc2ccccc2)C(O)C(O)C1O.[Ac].[Ac]. The fourth-order valence-electron chi connectivity index (χ4n) is 2.12. The molecule has 5 atom stereocenters. The number of hydrogen-bond acceptors (Lipinski definition) is 6. The number of methoxy groups -OCH3 is 1. The molecule has 0 amide bonds. The molecular formula is C14H20Ac2O6. The van der Waals surface area contributed by atoms with E-state index in [9.17, 15) is 15.3 Å². The number of aliphatic hydroxyl groups is 3. The molecule has 0 spiro atoms. The van der Waals surface area contributed by atoms with Crippen LogP contribution in [0.1, 0.15) is 5.56 Å². The van der Waals surface area contributed by atoms with Gasteiger partial charge in [0, 0.05) is 95.2 Å². The molecular weight excluding hydrogens is 718 g/mol. The fourth-order valence-corrected chi connectivity index (χ4v) is 2.12. The fraction of sp³-hybridized carbons (Fsp3) is 0.571. The summed E-state index contributed by atoms with van der Waals surface area (Å²) in [5.74, 6) is 0. The van der Waals surface area contributed by atoms with Crippen molar-refractivity contribution in [1.82, 2.24) is 0 Å². The first kappa shape index (κ1) is 23.9. The number of hydrogen-bond donors (Lipinski definition) is 3. The average molecular weight is 738 g/mol. The van der Waals surface area contributed by atoms with E-state index >= 15 is 0 Å². The molecule has 8 heteroatoms. The molecule has 6 nitrogen and oxygen atoms in total. The van der Waals surface area contributed by atoms with Crippen molar-refractivity contribution in [2.75, 3.05) is 13.7 Å². The molecule has 1 aromatic rings. The summed E-state index contributed by atoms with van der Waals surface area (Å²) in [6, 6.07) is 9.58. The summed E-state index contributed by atoms with van der Waals surface area (Å²) < 4.78 is 15.8. The van der Waals surface area contributed by atoms with E-state index in [0.29, 0.717) is 6.61 Å². The Kier molecular flexibility index (Phi) is 13.3. The predicted octanol–water partition coefficient (Wildman–Crippen LogP) is -0.343. The summed E-state index contributed by atoms with van der Waals surface area (Å²) in [6.07, 6.45) is -5.53. The third-order valence-electron chi connectivity index (χ3n) is 3.29. The summed E-state index contributed by atoms with van der Waals surface area (Å²) in [7, 11) is 1.36. The minimum absolute atomic E-state index is 0. The van der Waals surface area contributed by atoms with Crippen molar-refractivity contribution in [3.05, 3.63) is 35.9 Å². The Hall–Kier alpha value is 1.86. The van der Waals surface area contributed by atoms with E-state index in [1.165, 1.54) is 7.11 Å². The first-order valence-electron chi connectivity index (χ1n) is 6.47. The van der Waals surface area contributed by atoms with Crippen LogP contribution in [0.3, 0.4) is 0 Å². The number of ether oxygens (including phenoxy) is 3. The van der Waals surface area contributed by atoms with E-state index in [1.54, 1.807) is 0 Å². The first-order chi connectivity index (χ1) is 9.63. The first-order valence-corrected chi connectivity index (χ1v) is 6.47. The van der Waals surface area contributed by atoms with Gasteiger partial charge in [0.2, 0.25) is 0 Å². The Morgan fingerprint density at radius 1 is 1.00 bits per heavy atom. The van der Waals surface area contributed by atoms with Crippen molar-refractivity contribution < 1.29 is 118 Å². The minimum atomic E-state index is -1.32. The quantitative estimate of drug-likeness (QED) is 0.384. The van der Waals surface area contributed by atoms with Crippen molar-refractivity contribution in [2.24, 2.45) is 0 Å². The maximum atomic E-state index is 9.85. The minimum Gasteiger partial charge on any atom is -0.387 e. The van der Waals surface area contributed by atoms with Crippen LogP contribution in [-0.4, -0.2) is 59.7 Å². The van der Waals surface area contributed by atoms with Crippen LogP contribution < -0.4 is 0 Å². The van der Waals surface area contributed by atoms with Gasteiger partial charge < -0.3 is 29.5 Å². The molecule has 5 unspecified atom stereocenters. The number of benzene rings is 1. The van der Waals surface area contributed by atoms with Gasteiger partial charge in [0.1, 0.15) is 24.4 Å². The predicted molar refractivity (Wildman–Crippen MR) is 69.8 cm³/mol. The molecule has 118 valence electrons. The zero-order valence-corrected chi connectivity index (χ0v) is 21.9. The Morgan fingerprint density at radius 3 is 2.23 bits per heavy atom. The Bertz CT molecular complexity index is 406. The average Bonchev–Trinajstić information content (AvgIpc) is 2.48. The van der Waals surface area contributed by atoms with Crippen LogP contribution in [0.2, 0.25) is 0 Å². The summed E-state index contributed by atoms with van der Waals surface area (Å²) in [5, 5.41) is 29.2. The van der Waals surface area contributed by atoms with Gasteiger partial charge in [-0.25, -0.2) is 0 Å². The zero-order chi connectivity index (χ0) is 14.5. The molecule has 1 heterocycles. The van der Waals surface area contributed by atoms with Gasteiger partial charge in [-0.1, -0.05) is 30.3 Å². The van der Waals surface area contributed by atoms with Crippen LogP contribution in [0.4, 0.5) is 0 Å². The standard InChI is InChI=1S/C14H20O6.2Ac/c1-18-14-13(17)12(16)11(15)10(20-14)8-19-7-9-5-3-2-4-6-9;;/h2-6,10-17H,7-8H2,1H3;;. The molecule has 1 aliphatic heterocycles. The summed E-state index contributed by atoms with van der Waals surface area (Å²) in [6.45, 7) is 0.476. The van der Waals surface area contributed by atoms with Gasteiger partial charge in [0.25, 0.3) is 0 Å². The molecule has 0 aliphatic carbocycles. The van der Waals surface area contributed by atoms with E-state index in [0.717, 1.165) is 5.56 Å².